The first-order valence-corrected chi connectivity index (χ1v) is 8.83. The number of hydrogen-bond donors (Lipinski definition) is 3. The molecular weight excluding hydrogens is 334 g/mol. The molecule has 0 radical (unpaired) electrons. The number of nitrogens with one attached hydrogen (secondary N) is 2. The van der Waals surface area contributed by atoms with E-state index in [4.69, 9.17) is 5.41 Å². The number of benzene rings is 1. The lowest BCUT2D eigenvalue weighted by atomic mass is 10.0. The van der Waals surface area contributed by atoms with Gasteiger partial charge in [0, 0.05) is 29.2 Å². The summed E-state index contributed by atoms with van der Waals surface area (Å²) in [4.78, 5) is 5.22. The third-order valence-electron chi connectivity index (χ3n) is 4.24. The molecule has 1 aromatic carbocycles. The standard InChI is InChI=1S/C19H19N3S2/c1-10-9-22-19(23)17(11(10)2)18(20)16-8-14-6-5-13(12(3)21-4)7-15(14)24-16/h5-9,20-21H,3H2,1-2,4H3,(H,22,23). The van der Waals surface area contributed by atoms with Crippen molar-refractivity contribution in [3.8, 4) is 0 Å². The molecule has 3 nitrogen and oxygen atoms in total. The first kappa shape index (κ1) is 16.7. The smallest absolute Gasteiger partial charge is 0.103 e. The topological polar surface area (TPSA) is 48.8 Å². The zero-order valence-corrected chi connectivity index (χ0v) is 15.6. The van der Waals surface area contributed by atoms with Crippen molar-refractivity contribution in [2.75, 3.05) is 7.05 Å². The quantitative estimate of drug-likeness (QED) is 0.466. The normalized spacial score (nSPS) is 10.8. The summed E-state index contributed by atoms with van der Waals surface area (Å²) in [6.45, 7) is 8.03. The van der Waals surface area contributed by atoms with Crippen LogP contribution in [0.25, 0.3) is 15.8 Å². The molecule has 2 N–H and O–H groups in total. The molecule has 0 amide bonds. The molecule has 0 fully saturated rings. The van der Waals surface area contributed by atoms with Gasteiger partial charge in [0.15, 0.2) is 0 Å². The molecule has 24 heavy (non-hydrogen) atoms. The van der Waals surface area contributed by atoms with Crippen LogP contribution in [0.2, 0.25) is 0 Å². The Morgan fingerprint density at radius 1 is 1.29 bits per heavy atom. The van der Waals surface area contributed by atoms with E-state index in [1.54, 1.807) is 17.5 Å². The molecule has 122 valence electrons. The van der Waals surface area contributed by atoms with E-state index in [2.05, 4.69) is 47.7 Å². The Hall–Kier alpha value is -2.11. The molecule has 0 bridgehead atoms. The average Bonchev–Trinajstić information content (AvgIpc) is 3.00. The Bertz CT molecular complexity index is 970. The second-order valence-corrected chi connectivity index (χ2v) is 7.24. The highest BCUT2D eigenvalue weighted by Gasteiger charge is 2.16. The molecule has 3 aromatic rings. The molecule has 0 aliphatic heterocycles. The molecule has 2 aromatic heterocycles. The third kappa shape index (κ3) is 2.85. The monoisotopic (exact) mass is 353 g/mol. The van der Waals surface area contributed by atoms with Crippen molar-refractivity contribution in [2.45, 2.75) is 18.9 Å². The van der Waals surface area contributed by atoms with Gasteiger partial charge in [0.25, 0.3) is 0 Å². The lowest BCUT2D eigenvalue weighted by Crippen LogP contribution is -2.06. The highest BCUT2D eigenvalue weighted by atomic mass is 32.1. The maximum absolute atomic E-state index is 8.65. The molecule has 0 saturated carbocycles. The lowest BCUT2D eigenvalue weighted by molar-refractivity contribution is 1.07. The van der Waals surface area contributed by atoms with Crippen LogP contribution in [-0.4, -0.2) is 17.7 Å². The van der Waals surface area contributed by atoms with Crippen molar-refractivity contribution in [3.63, 3.8) is 0 Å². The minimum Gasteiger partial charge on any atom is -0.388 e. The fraction of sp³-hybridized carbons (Fsp3) is 0.158. The first-order valence-electron chi connectivity index (χ1n) is 7.57. The van der Waals surface area contributed by atoms with E-state index in [1.807, 2.05) is 27.0 Å². The van der Waals surface area contributed by atoms with Gasteiger partial charge in [-0.2, -0.15) is 0 Å². The average molecular weight is 354 g/mol. The Balaban J connectivity index is 2.08. The molecule has 0 spiro atoms. The van der Waals surface area contributed by atoms with Crippen LogP contribution in [0.3, 0.4) is 0 Å². The number of hydrogen-bond acceptors (Lipinski definition) is 5. The maximum atomic E-state index is 8.65. The van der Waals surface area contributed by atoms with E-state index in [1.165, 1.54) is 0 Å². The van der Waals surface area contributed by atoms with Crippen molar-refractivity contribution in [1.29, 1.82) is 5.41 Å². The summed E-state index contributed by atoms with van der Waals surface area (Å²) < 4.78 is 1.14. The van der Waals surface area contributed by atoms with Crippen LogP contribution in [-0.2, 0) is 0 Å². The van der Waals surface area contributed by atoms with Crippen LogP contribution < -0.4 is 5.32 Å². The summed E-state index contributed by atoms with van der Waals surface area (Å²) in [6, 6.07) is 8.29. The molecule has 0 saturated heterocycles. The van der Waals surface area contributed by atoms with Crippen molar-refractivity contribution >= 4 is 45.5 Å². The van der Waals surface area contributed by atoms with E-state index in [9.17, 15) is 0 Å². The maximum Gasteiger partial charge on any atom is 0.103 e. The van der Waals surface area contributed by atoms with Gasteiger partial charge in [-0.1, -0.05) is 18.7 Å². The van der Waals surface area contributed by atoms with E-state index in [0.717, 1.165) is 42.9 Å². The second-order valence-electron chi connectivity index (χ2n) is 5.73. The molecule has 0 aliphatic carbocycles. The summed E-state index contributed by atoms with van der Waals surface area (Å²) in [5.41, 5.74) is 5.36. The van der Waals surface area contributed by atoms with Crippen LogP contribution in [0.1, 0.15) is 27.1 Å². The summed E-state index contributed by atoms with van der Waals surface area (Å²) in [5.74, 6) is 0. The molecule has 5 heteroatoms. The van der Waals surface area contributed by atoms with Gasteiger partial charge in [0.05, 0.1) is 10.6 Å². The number of rotatable bonds is 4. The highest BCUT2D eigenvalue weighted by Crippen LogP contribution is 2.31. The SMILES string of the molecule is C=C(NC)c1ccc2cc(C(=N)c3c(S)ncc(C)c3C)sc2c1. The molecule has 0 unspecified atom stereocenters. The van der Waals surface area contributed by atoms with Gasteiger partial charge >= 0.3 is 0 Å². The summed E-state index contributed by atoms with van der Waals surface area (Å²) in [5, 5.41) is 13.5. The minimum atomic E-state index is 0.476. The molecule has 0 aliphatic rings. The Kier molecular flexibility index (Phi) is 4.47. The number of aryl methyl sites for hydroxylation is 1. The first-order chi connectivity index (χ1) is 11.4. The highest BCUT2D eigenvalue weighted by molar-refractivity contribution is 7.80. The third-order valence-corrected chi connectivity index (χ3v) is 5.69. The number of thiophene rings is 1. The van der Waals surface area contributed by atoms with E-state index in [0.29, 0.717) is 10.7 Å². The number of nitrogens with zero attached hydrogens (tertiary/aromatic N) is 1. The molecular formula is C19H19N3S2. The molecule has 0 atom stereocenters. The Morgan fingerprint density at radius 3 is 2.75 bits per heavy atom. The summed E-state index contributed by atoms with van der Waals surface area (Å²) >= 11 is 6.07. The van der Waals surface area contributed by atoms with Gasteiger partial charge in [-0.3, -0.25) is 5.41 Å². The van der Waals surface area contributed by atoms with Crippen molar-refractivity contribution in [2.24, 2.45) is 0 Å². The Morgan fingerprint density at radius 2 is 2.04 bits per heavy atom. The molecule has 2 heterocycles. The van der Waals surface area contributed by atoms with Crippen LogP contribution in [0.4, 0.5) is 0 Å². The predicted molar refractivity (Wildman–Crippen MR) is 107 cm³/mol. The fourth-order valence-corrected chi connectivity index (χ4v) is 3.99. The van der Waals surface area contributed by atoms with Gasteiger partial charge in [-0.25, -0.2) is 4.98 Å². The van der Waals surface area contributed by atoms with Crippen molar-refractivity contribution < 1.29 is 0 Å². The second kappa shape index (κ2) is 6.42. The summed E-state index contributed by atoms with van der Waals surface area (Å²) in [7, 11) is 1.86. The Labute approximate surface area is 151 Å². The number of aromatic nitrogens is 1. The van der Waals surface area contributed by atoms with Gasteiger partial charge < -0.3 is 5.32 Å². The fourth-order valence-electron chi connectivity index (χ4n) is 2.59. The zero-order chi connectivity index (χ0) is 17.4. The number of fused-ring (bicyclic) bond motifs is 1. The molecule has 3 rings (SSSR count). The summed E-state index contributed by atoms with van der Waals surface area (Å²) in [6.07, 6.45) is 1.80. The number of pyridine rings is 1. The zero-order valence-electron chi connectivity index (χ0n) is 13.9. The van der Waals surface area contributed by atoms with E-state index in [-0.39, 0.29) is 0 Å². The van der Waals surface area contributed by atoms with Gasteiger partial charge in [0.1, 0.15) is 5.03 Å². The van der Waals surface area contributed by atoms with E-state index < -0.39 is 0 Å². The van der Waals surface area contributed by atoms with Crippen LogP contribution in [0.15, 0.2) is 42.1 Å². The van der Waals surface area contributed by atoms with Crippen LogP contribution in [0, 0.1) is 19.3 Å². The van der Waals surface area contributed by atoms with E-state index >= 15 is 0 Å². The van der Waals surface area contributed by atoms with Crippen LogP contribution in [0.5, 0.6) is 0 Å². The van der Waals surface area contributed by atoms with Gasteiger partial charge in [0.2, 0.25) is 0 Å². The van der Waals surface area contributed by atoms with Gasteiger partial charge in [-0.05, 0) is 48.1 Å². The van der Waals surface area contributed by atoms with Crippen molar-refractivity contribution in [3.05, 3.63) is 64.2 Å². The largest absolute Gasteiger partial charge is 0.388 e. The van der Waals surface area contributed by atoms with Crippen molar-refractivity contribution in [1.82, 2.24) is 10.3 Å². The minimum absolute atomic E-state index is 0.476. The number of thiol groups is 1. The van der Waals surface area contributed by atoms with Crippen LogP contribution >= 0.6 is 24.0 Å². The van der Waals surface area contributed by atoms with Gasteiger partial charge in [-0.15, -0.1) is 24.0 Å². The lowest BCUT2D eigenvalue weighted by Gasteiger charge is -2.10. The predicted octanol–water partition coefficient (Wildman–Crippen LogP) is 4.81.